The van der Waals surface area contributed by atoms with Gasteiger partial charge in [-0.25, -0.2) is 4.79 Å². The third-order valence-electron chi connectivity index (χ3n) is 1.79. The first kappa shape index (κ1) is 12.0. The van der Waals surface area contributed by atoms with Crippen molar-refractivity contribution in [2.45, 2.75) is 6.42 Å². The summed E-state index contributed by atoms with van der Waals surface area (Å²) in [5.41, 5.74) is 0.620. The van der Waals surface area contributed by atoms with Gasteiger partial charge in [0.25, 0.3) is 0 Å². The fourth-order valence-electron chi connectivity index (χ4n) is 1.03. The normalized spacial score (nSPS) is 9.31. The Labute approximate surface area is 93.4 Å². The second kappa shape index (κ2) is 6.44. The van der Waals surface area contributed by atoms with Crippen molar-refractivity contribution in [3.63, 3.8) is 0 Å². The van der Waals surface area contributed by atoms with E-state index >= 15 is 0 Å². The highest BCUT2D eigenvalue weighted by Gasteiger charge is 2.00. The highest BCUT2D eigenvalue weighted by atomic mass is 16.5. The first-order valence-corrected chi connectivity index (χ1v) is 4.77. The van der Waals surface area contributed by atoms with Gasteiger partial charge in [-0.1, -0.05) is 0 Å². The molecule has 86 valence electrons. The van der Waals surface area contributed by atoms with Gasteiger partial charge in [0, 0.05) is 12.1 Å². The van der Waals surface area contributed by atoms with Crippen LogP contribution in [-0.4, -0.2) is 26.1 Å². The van der Waals surface area contributed by atoms with Gasteiger partial charge in [0.15, 0.2) is 0 Å². The van der Waals surface area contributed by atoms with E-state index in [1.807, 2.05) is 0 Å². The molecule has 0 fully saturated rings. The third kappa shape index (κ3) is 4.00. The van der Waals surface area contributed by atoms with Crippen molar-refractivity contribution in [1.29, 1.82) is 0 Å². The smallest absolute Gasteiger partial charge is 0.411 e. The van der Waals surface area contributed by atoms with E-state index in [4.69, 9.17) is 4.74 Å². The summed E-state index contributed by atoms with van der Waals surface area (Å²) in [5, 5.41) is 2.51. The van der Waals surface area contributed by atoms with E-state index in [2.05, 4.69) is 10.1 Å². The monoisotopic (exact) mass is 223 g/mol. The minimum absolute atomic E-state index is 0.354. The summed E-state index contributed by atoms with van der Waals surface area (Å²) in [6, 6.07) is 6.78. The van der Waals surface area contributed by atoms with Crippen LogP contribution in [0.25, 0.3) is 0 Å². The molecule has 1 aromatic carbocycles. The predicted molar refractivity (Wildman–Crippen MR) is 58.6 cm³/mol. The Bertz CT molecular complexity index is 348. The van der Waals surface area contributed by atoms with E-state index in [0.717, 1.165) is 6.29 Å². The number of amides is 1. The fraction of sp³-hybridized carbons (Fsp3) is 0.273. The Morgan fingerprint density at radius 1 is 1.38 bits per heavy atom. The van der Waals surface area contributed by atoms with Crippen LogP contribution in [0.2, 0.25) is 0 Å². The molecule has 0 aliphatic rings. The number of benzene rings is 1. The number of rotatable bonds is 5. The standard InChI is InChI=1S/C11H13NO4/c1-15-11(14)12-9-3-5-10(6-4-9)16-8-2-7-13/h3-7H,2,8H2,1H3,(H,12,14). The van der Waals surface area contributed by atoms with Crippen molar-refractivity contribution in [2.24, 2.45) is 0 Å². The predicted octanol–water partition coefficient (Wildman–Crippen LogP) is 1.83. The summed E-state index contributed by atoms with van der Waals surface area (Å²) in [4.78, 5) is 20.9. The Hall–Kier alpha value is -2.04. The lowest BCUT2D eigenvalue weighted by molar-refractivity contribution is -0.108. The maximum absolute atomic E-state index is 10.9. The van der Waals surface area contributed by atoms with Crippen molar-refractivity contribution in [3.05, 3.63) is 24.3 Å². The van der Waals surface area contributed by atoms with Crippen LogP contribution in [0.1, 0.15) is 6.42 Å². The molecule has 0 saturated carbocycles. The van der Waals surface area contributed by atoms with Gasteiger partial charge in [0.05, 0.1) is 13.7 Å². The molecule has 0 bridgehead atoms. The van der Waals surface area contributed by atoms with Crippen LogP contribution in [0.15, 0.2) is 24.3 Å². The molecule has 1 aromatic rings. The van der Waals surface area contributed by atoms with E-state index in [1.165, 1.54) is 7.11 Å². The minimum atomic E-state index is -0.519. The van der Waals surface area contributed by atoms with Gasteiger partial charge < -0.3 is 14.3 Å². The highest BCUT2D eigenvalue weighted by molar-refractivity contribution is 5.84. The summed E-state index contributed by atoms with van der Waals surface area (Å²) in [5.74, 6) is 0.650. The maximum atomic E-state index is 10.9. The first-order valence-electron chi connectivity index (χ1n) is 4.77. The second-order valence-corrected chi connectivity index (χ2v) is 2.94. The van der Waals surface area contributed by atoms with Crippen LogP contribution in [-0.2, 0) is 9.53 Å². The number of aldehydes is 1. The molecule has 0 unspecified atom stereocenters. The van der Waals surface area contributed by atoms with Crippen molar-refractivity contribution in [3.8, 4) is 5.75 Å². The Kier molecular flexibility index (Phi) is 4.85. The van der Waals surface area contributed by atoms with Gasteiger partial charge in [-0.2, -0.15) is 0 Å². The number of ether oxygens (including phenoxy) is 2. The maximum Gasteiger partial charge on any atom is 0.411 e. The SMILES string of the molecule is COC(=O)Nc1ccc(OCCC=O)cc1. The number of nitrogens with one attached hydrogen (secondary N) is 1. The van der Waals surface area contributed by atoms with E-state index in [1.54, 1.807) is 24.3 Å². The summed E-state index contributed by atoms with van der Waals surface area (Å²) in [6.45, 7) is 0.354. The summed E-state index contributed by atoms with van der Waals surface area (Å²) < 4.78 is 9.70. The topological polar surface area (TPSA) is 64.6 Å². The van der Waals surface area contributed by atoms with E-state index < -0.39 is 6.09 Å². The average Bonchev–Trinajstić information content (AvgIpc) is 2.31. The van der Waals surface area contributed by atoms with Crippen molar-refractivity contribution in [2.75, 3.05) is 19.0 Å². The zero-order chi connectivity index (χ0) is 11.8. The fourth-order valence-corrected chi connectivity index (χ4v) is 1.03. The lowest BCUT2D eigenvalue weighted by Crippen LogP contribution is -2.10. The number of anilines is 1. The lowest BCUT2D eigenvalue weighted by atomic mass is 10.3. The van der Waals surface area contributed by atoms with Gasteiger partial charge >= 0.3 is 6.09 Å². The molecule has 0 radical (unpaired) electrons. The molecule has 0 aromatic heterocycles. The summed E-state index contributed by atoms with van der Waals surface area (Å²) in [7, 11) is 1.30. The van der Waals surface area contributed by atoms with E-state index in [0.29, 0.717) is 24.5 Å². The van der Waals surface area contributed by atoms with Gasteiger partial charge in [0.1, 0.15) is 12.0 Å². The number of methoxy groups -OCH3 is 1. The molecule has 0 atom stereocenters. The number of carbonyl (C=O) groups is 2. The van der Waals surface area contributed by atoms with E-state index in [-0.39, 0.29) is 0 Å². The number of hydrogen-bond donors (Lipinski definition) is 1. The highest BCUT2D eigenvalue weighted by Crippen LogP contribution is 2.15. The molecule has 0 aliphatic carbocycles. The average molecular weight is 223 g/mol. The third-order valence-corrected chi connectivity index (χ3v) is 1.79. The van der Waals surface area contributed by atoms with Crippen LogP contribution >= 0.6 is 0 Å². The minimum Gasteiger partial charge on any atom is -0.493 e. The molecule has 0 aliphatic heterocycles. The zero-order valence-corrected chi connectivity index (χ0v) is 8.93. The Morgan fingerprint density at radius 2 is 2.06 bits per heavy atom. The van der Waals surface area contributed by atoms with Crippen LogP contribution in [0, 0.1) is 0 Å². The van der Waals surface area contributed by atoms with E-state index in [9.17, 15) is 9.59 Å². The first-order chi connectivity index (χ1) is 7.76. The molecule has 0 spiro atoms. The van der Waals surface area contributed by atoms with Crippen LogP contribution in [0.3, 0.4) is 0 Å². The quantitative estimate of drug-likeness (QED) is 0.611. The zero-order valence-electron chi connectivity index (χ0n) is 8.93. The summed E-state index contributed by atoms with van der Waals surface area (Å²) in [6.07, 6.45) is 0.643. The van der Waals surface area contributed by atoms with Crippen molar-refractivity contribution >= 4 is 18.1 Å². The molecule has 1 amide bonds. The van der Waals surface area contributed by atoms with Crippen molar-refractivity contribution < 1.29 is 19.1 Å². The Balaban J connectivity index is 2.47. The molecular weight excluding hydrogens is 210 g/mol. The Morgan fingerprint density at radius 3 is 2.62 bits per heavy atom. The number of hydrogen-bond acceptors (Lipinski definition) is 4. The number of carbonyl (C=O) groups excluding carboxylic acids is 2. The van der Waals surface area contributed by atoms with Crippen LogP contribution < -0.4 is 10.1 Å². The molecule has 16 heavy (non-hydrogen) atoms. The molecule has 5 heteroatoms. The van der Waals surface area contributed by atoms with Crippen molar-refractivity contribution in [1.82, 2.24) is 0 Å². The molecule has 0 saturated heterocycles. The second-order valence-electron chi connectivity index (χ2n) is 2.94. The molecule has 5 nitrogen and oxygen atoms in total. The van der Waals surface area contributed by atoms with Gasteiger partial charge in [-0.05, 0) is 24.3 Å². The lowest BCUT2D eigenvalue weighted by Gasteiger charge is -2.06. The largest absolute Gasteiger partial charge is 0.493 e. The molecular formula is C11H13NO4. The summed E-state index contributed by atoms with van der Waals surface area (Å²) >= 11 is 0. The molecule has 1 rings (SSSR count). The van der Waals surface area contributed by atoms with Gasteiger partial charge in [-0.15, -0.1) is 0 Å². The van der Waals surface area contributed by atoms with Gasteiger partial charge in [-0.3, -0.25) is 5.32 Å². The van der Waals surface area contributed by atoms with Gasteiger partial charge in [0.2, 0.25) is 0 Å². The molecule has 0 heterocycles. The van der Waals surface area contributed by atoms with Crippen LogP contribution in [0.4, 0.5) is 10.5 Å². The molecule has 1 N–H and O–H groups in total. The van der Waals surface area contributed by atoms with Crippen LogP contribution in [0.5, 0.6) is 5.75 Å².